The van der Waals surface area contributed by atoms with Crippen LogP contribution in [0.5, 0.6) is 0 Å². The molecule has 1 N–H and O–H groups in total. The van der Waals surface area contributed by atoms with Gasteiger partial charge in [-0.15, -0.1) is 0 Å². The number of hydrogen-bond acceptors (Lipinski definition) is 6. The molecule has 0 saturated heterocycles. The SMILES string of the molecule is CNCCOCCOCCCOCCOCCOC. The van der Waals surface area contributed by atoms with E-state index in [1.165, 1.54) is 0 Å². The van der Waals surface area contributed by atoms with Crippen molar-refractivity contribution in [2.24, 2.45) is 0 Å². The molecule has 0 aromatic heterocycles. The van der Waals surface area contributed by atoms with Gasteiger partial charge in [0.1, 0.15) is 0 Å². The van der Waals surface area contributed by atoms with E-state index in [1.54, 1.807) is 7.11 Å². The van der Waals surface area contributed by atoms with Crippen molar-refractivity contribution in [3.8, 4) is 0 Å². The number of methoxy groups -OCH3 is 1. The molecule has 0 atom stereocenters. The van der Waals surface area contributed by atoms with Gasteiger partial charge >= 0.3 is 0 Å². The molecule has 0 radical (unpaired) electrons. The zero-order valence-corrected chi connectivity index (χ0v) is 12.3. The second-order valence-corrected chi connectivity index (χ2v) is 3.90. The van der Waals surface area contributed by atoms with Crippen LogP contribution in [0.1, 0.15) is 6.42 Å². The van der Waals surface area contributed by atoms with Gasteiger partial charge in [-0.1, -0.05) is 0 Å². The molecule has 0 rings (SSSR count). The molecule has 0 saturated carbocycles. The van der Waals surface area contributed by atoms with Gasteiger partial charge in [-0.05, 0) is 13.5 Å². The number of likely N-dealkylation sites (N-methyl/N-ethyl adjacent to an activating group) is 1. The van der Waals surface area contributed by atoms with Gasteiger partial charge in [0.2, 0.25) is 0 Å². The molecular formula is C13H29NO5. The Morgan fingerprint density at radius 1 is 0.632 bits per heavy atom. The van der Waals surface area contributed by atoms with Crippen molar-refractivity contribution in [3.63, 3.8) is 0 Å². The highest BCUT2D eigenvalue weighted by Gasteiger charge is 1.92. The molecule has 6 nitrogen and oxygen atoms in total. The van der Waals surface area contributed by atoms with Gasteiger partial charge in [-0.25, -0.2) is 0 Å². The van der Waals surface area contributed by atoms with Gasteiger partial charge in [0, 0.05) is 26.9 Å². The summed E-state index contributed by atoms with van der Waals surface area (Å²) < 4.78 is 26.2. The molecule has 0 heterocycles. The monoisotopic (exact) mass is 279 g/mol. The van der Waals surface area contributed by atoms with Crippen molar-refractivity contribution in [2.75, 3.05) is 80.2 Å². The van der Waals surface area contributed by atoms with E-state index in [4.69, 9.17) is 23.7 Å². The number of ether oxygens (including phenoxy) is 5. The van der Waals surface area contributed by atoms with E-state index in [2.05, 4.69) is 5.32 Å². The lowest BCUT2D eigenvalue weighted by Crippen LogP contribution is -2.16. The van der Waals surface area contributed by atoms with E-state index in [0.29, 0.717) is 52.9 Å². The summed E-state index contributed by atoms with van der Waals surface area (Å²) in [5.41, 5.74) is 0. The predicted molar refractivity (Wildman–Crippen MR) is 73.7 cm³/mol. The molecular weight excluding hydrogens is 250 g/mol. The van der Waals surface area contributed by atoms with Crippen LogP contribution in [0.4, 0.5) is 0 Å². The zero-order chi connectivity index (χ0) is 14.0. The lowest BCUT2D eigenvalue weighted by molar-refractivity contribution is 0.0123. The topological polar surface area (TPSA) is 58.2 Å². The molecule has 19 heavy (non-hydrogen) atoms. The van der Waals surface area contributed by atoms with Crippen molar-refractivity contribution in [1.82, 2.24) is 5.32 Å². The molecule has 0 aliphatic heterocycles. The van der Waals surface area contributed by atoms with Crippen LogP contribution in [0.15, 0.2) is 0 Å². The van der Waals surface area contributed by atoms with E-state index < -0.39 is 0 Å². The Kier molecular flexibility index (Phi) is 17.5. The first-order chi connectivity index (χ1) is 9.41. The van der Waals surface area contributed by atoms with Crippen LogP contribution < -0.4 is 5.32 Å². The Bertz CT molecular complexity index is 144. The van der Waals surface area contributed by atoms with Crippen molar-refractivity contribution in [2.45, 2.75) is 6.42 Å². The highest BCUT2D eigenvalue weighted by molar-refractivity contribution is 4.39. The summed E-state index contributed by atoms with van der Waals surface area (Å²) >= 11 is 0. The lowest BCUT2D eigenvalue weighted by atomic mass is 10.5. The fourth-order valence-electron chi connectivity index (χ4n) is 1.22. The molecule has 0 amide bonds. The van der Waals surface area contributed by atoms with Crippen molar-refractivity contribution in [3.05, 3.63) is 0 Å². The standard InChI is InChI=1S/C13H29NO5/c1-14-4-7-18-12-10-16-5-3-6-17-11-13-19-9-8-15-2/h14H,3-13H2,1-2H3. The molecule has 0 aromatic rings. The summed E-state index contributed by atoms with van der Waals surface area (Å²) in [4.78, 5) is 0. The first-order valence-corrected chi connectivity index (χ1v) is 6.86. The number of rotatable bonds is 16. The minimum absolute atomic E-state index is 0.615. The summed E-state index contributed by atoms with van der Waals surface area (Å²) in [6.07, 6.45) is 0.897. The van der Waals surface area contributed by atoms with Gasteiger partial charge in [-0.2, -0.15) is 0 Å². The third-order valence-electron chi connectivity index (χ3n) is 2.25. The first kappa shape index (κ1) is 18.8. The maximum absolute atomic E-state index is 5.40. The second-order valence-electron chi connectivity index (χ2n) is 3.90. The maximum atomic E-state index is 5.40. The molecule has 0 unspecified atom stereocenters. The average Bonchev–Trinajstić information content (AvgIpc) is 2.43. The first-order valence-electron chi connectivity index (χ1n) is 6.86. The molecule has 0 aromatic carbocycles. The quantitative estimate of drug-likeness (QED) is 0.410. The van der Waals surface area contributed by atoms with Crippen LogP contribution in [0.2, 0.25) is 0 Å². The van der Waals surface area contributed by atoms with Crippen molar-refractivity contribution >= 4 is 0 Å². The van der Waals surface area contributed by atoms with Gasteiger partial charge in [0.15, 0.2) is 0 Å². The smallest absolute Gasteiger partial charge is 0.0701 e. The van der Waals surface area contributed by atoms with Crippen molar-refractivity contribution in [1.29, 1.82) is 0 Å². The van der Waals surface area contributed by atoms with E-state index in [1.807, 2.05) is 7.05 Å². The second kappa shape index (κ2) is 17.8. The fraction of sp³-hybridized carbons (Fsp3) is 1.00. The Morgan fingerprint density at radius 2 is 1.11 bits per heavy atom. The minimum Gasteiger partial charge on any atom is -0.382 e. The largest absolute Gasteiger partial charge is 0.382 e. The summed E-state index contributed by atoms with van der Waals surface area (Å²) in [6.45, 7) is 6.79. The molecule has 116 valence electrons. The molecule has 0 spiro atoms. The molecule has 0 bridgehead atoms. The Labute approximate surface area is 116 Å². The zero-order valence-electron chi connectivity index (χ0n) is 12.3. The Morgan fingerprint density at radius 3 is 1.63 bits per heavy atom. The van der Waals surface area contributed by atoms with E-state index >= 15 is 0 Å². The molecule has 0 fully saturated rings. The van der Waals surface area contributed by atoms with Crippen LogP contribution in [0.25, 0.3) is 0 Å². The Hall–Kier alpha value is -0.240. The summed E-state index contributed by atoms with van der Waals surface area (Å²) in [5.74, 6) is 0. The molecule has 0 aliphatic carbocycles. The van der Waals surface area contributed by atoms with E-state index in [9.17, 15) is 0 Å². The van der Waals surface area contributed by atoms with Crippen LogP contribution >= 0.6 is 0 Å². The van der Waals surface area contributed by atoms with Gasteiger partial charge in [0.05, 0.1) is 46.2 Å². The third-order valence-corrected chi connectivity index (χ3v) is 2.25. The van der Waals surface area contributed by atoms with Crippen molar-refractivity contribution < 1.29 is 23.7 Å². The summed E-state index contributed by atoms with van der Waals surface area (Å²) in [5, 5.41) is 3.01. The number of nitrogens with one attached hydrogen (secondary N) is 1. The van der Waals surface area contributed by atoms with Gasteiger partial charge in [-0.3, -0.25) is 0 Å². The van der Waals surface area contributed by atoms with Gasteiger partial charge < -0.3 is 29.0 Å². The van der Waals surface area contributed by atoms with Crippen LogP contribution in [0.3, 0.4) is 0 Å². The molecule has 0 aliphatic rings. The normalized spacial score (nSPS) is 11.1. The maximum Gasteiger partial charge on any atom is 0.0701 e. The van der Waals surface area contributed by atoms with E-state index in [0.717, 1.165) is 19.6 Å². The molecule has 6 heteroatoms. The van der Waals surface area contributed by atoms with E-state index in [-0.39, 0.29) is 0 Å². The number of hydrogen-bond donors (Lipinski definition) is 1. The van der Waals surface area contributed by atoms with Crippen LogP contribution in [-0.2, 0) is 23.7 Å². The summed E-state index contributed by atoms with van der Waals surface area (Å²) in [6, 6.07) is 0. The predicted octanol–water partition coefficient (Wildman–Crippen LogP) is 0.309. The highest BCUT2D eigenvalue weighted by Crippen LogP contribution is 1.87. The highest BCUT2D eigenvalue weighted by atomic mass is 16.5. The fourth-order valence-corrected chi connectivity index (χ4v) is 1.22. The Balaban J connectivity index is 2.88. The third kappa shape index (κ3) is 17.8. The van der Waals surface area contributed by atoms with Gasteiger partial charge in [0.25, 0.3) is 0 Å². The van der Waals surface area contributed by atoms with Crippen LogP contribution in [0, 0.1) is 0 Å². The van der Waals surface area contributed by atoms with Crippen LogP contribution in [-0.4, -0.2) is 80.2 Å². The lowest BCUT2D eigenvalue weighted by Gasteiger charge is -2.07. The summed E-state index contributed by atoms with van der Waals surface area (Å²) in [7, 11) is 3.56. The average molecular weight is 279 g/mol. The minimum atomic E-state index is 0.615.